The van der Waals surface area contributed by atoms with E-state index in [1.807, 2.05) is 55.5 Å². The van der Waals surface area contributed by atoms with Crippen molar-refractivity contribution in [1.29, 1.82) is 0 Å². The summed E-state index contributed by atoms with van der Waals surface area (Å²) < 4.78 is 0. The molecule has 6 heteroatoms. The predicted molar refractivity (Wildman–Crippen MR) is 135 cm³/mol. The predicted octanol–water partition coefficient (Wildman–Crippen LogP) is 4.05. The zero-order valence-corrected chi connectivity index (χ0v) is 19.4. The van der Waals surface area contributed by atoms with Crippen LogP contribution in [0.2, 0.25) is 0 Å². The SMILES string of the molecule is CCN1CCN(c2ccc(NC(=O)CCNC(=O)c3ccc4ccccc4c3)c(C)c2)CC1. The van der Waals surface area contributed by atoms with Gasteiger partial charge in [0.05, 0.1) is 0 Å². The van der Waals surface area contributed by atoms with Crippen molar-refractivity contribution in [2.75, 3.05) is 49.5 Å². The number of likely N-dealkylation sites (N-methyl/N-ethyl adjacent to an activating group) is 1. The minimum Gasteiger partial charge on any atom is -0.369 e. The van der Waals surface area contributed by atoms with E-state index in [4.69, 9.17) is 0 Å². The number of aryl methyl sites for hydroxylation is 1. The fraction of sp³-hybridized carbons (Fsp3) is 0.333. The number of benzene rings is 3. The molecular formula is C27H32N4O2. The van der Waals surface area contributed by atoms with E-state index in [0.717, 1.165) is 54.7 Å². The van der Waals surface area contributed by atoms with E-state index in [-0.39, 0.29) is 24.8 Å². The molecule has 1 heterocycles. The van der Waals surface area contributed by atoms with Crippen molar-refractivity contribution in [3.63, 3.8) is 0 Å². The van der Waals surface area contributed by atoms with E-state index in [1.165, 1.54) is 5.69 Å². The van der Waals surface area contributed by atoms with Gasteiger partial charge in [0.2, 0.25) is 5.91 Å². The van der Waals surface area contributed by atoms with Crippen molar-refractivity contribution in [2.24, 2.45) is 0 Å². The van der Waals surface area contributed by atoms with Crippen molar-refractivity contribution >= 4 is 34.0 Å². The van der Waals surface area contributed by atoms with Crippen LogP contribution in [0.25, 0.3) is 10.8 Å². The Labute approximate surface area is 195 Å². The number of rotatable bonds is 7. The van der Waals surface area contributed by atoms with Crippen LogP contribution >= 0.6 is 0 Å². The van der Waals surface area contributed by atoms with Crippen LogP contribution in [0.5, 0.6) is 0 Å². The van der Waals surface area contributed by atoms with Gasteiger partial charge in [0.25, 0.3) is 5.91 Å². The monoisotopic (exact) mass is 444 g/mol. The summed E-state index contributed by atoms with van der Waals surface area (Å²) in [6, 6.07) is 19.7. The van der Waals surface area contributed by atoms with Crippen LogP contribution in [0, 0.1) is 6.92 Å². The Morgan fingerprint density at radius 3 is 2.39 bits per heavy atom. The van der Waals surface area contributed by atoms with E-state index in [1.54, 1.807) is 0 Å². The average molecular weight is 445 g/mol. The Hall–Kier alpha value is -3.38. The van der Waals surface area contributed by atoms with Gasteiger partial charge in [0, 0.05) is 56.1 Å². The molecule has 0 saturated carbocycles. The van der Waals surface area contributed by atoms with Crippen molar-refractivity contribution in [3.05, 3.63) is 71.8 Å². The third-order valence-corrected chi connectivity index (χ3v) is 6.32. The summed E-state index contributed by atoms with van der Waals surface area (Å²) in [5.41, 5.74) is 3.65. The first-order chi connectivity index (χ1) is 16.0. The van der Waals surface area contributed by atoms with Gasteiger partial charge in [-0.15, -0.1) is 0 Å². The Morgan fingerprint density at radius 2 is 1.67 bits per heavy atom. The summed E-state index contributed by atoms with van der Waals surface area (Å²) in [5.74, 6) is -0.279. The standard InChI is InChI=1S/C27H32N4O2/c1-3-30-14-16-31(17-15-30)24-10-11-25(20(2)18-24)29-26(32)12-13-28-27(33)23-9-8-21-6-4-5-7-22(21)19-23/h4-11,18-19H,3,12-17H2,1-2H3,(H,28,33)(H,29,32). The third-order valence-electron chi connectivity index (χ3n) is 6.32. The normalized spacial score (nSPS) is 14.3. The second-order valence-electron chi connectivity index (χ2n) is 8.54. The number of anilines is 2. The maximum absolute atomic E-state index is 12.5. The van der Waals surface area contributed by atoms with Crippen molar-refractivity contribution < 1.29 is 9.59 Å². The first-order valence-corrected chi connectivity index (χ1v) is 11.7. The minimum atomic E-state index is -0.169. The molecule has 0 radical (unpaired) electrons. The zero-order valence-electron chi connectivity index (χ0n) is 19.4. The smallest absolute Gasteiger partial charge is 0.251 e. The van der Waals surface area contributed by atoms with Crippen molar-refractivity contribution in [3.8, 4) is 0 Å². The lowest BCUT2D eigenvalue weighted by atomic mass is 10.1. The first-order valence-electron chi connectivity index (χ1n) is 11.7. The molecule has 4 rings (SSSR count). The van der Waals surface area contributed by atoms with Gasteiger partial charge < -0.3 is 20.4 Å². The molecule has 1 fully saturated rings. The third kappa shape index (κ3) is 5.71. The van der Waals surface area contributed by atoms with Crippen molar-refractivity contribution in [2.45, 2.75) is 20.3 Å². The summed E-state index contributed by atoms with van der Waals surface area (Å²) in [6.45, 7) is 9.82. The molecule has 0 unspecified atom stereocenters. The highest BCUT2D eigenvalue weighted by Gasteiger charge is 2.16. The van der Waals surface area contributed by atoms with Crippen LogP contribution in [0.15, 0.2) is 60.7 Å². The molecule has 0 atom stereocenters. The second-order valence-corrected chi connectivity index (χ2v) is 8.54. The van der Waals surface area contributed by atoms with Crippen LogP contribution in [-0.4, -0.2) is 56.0 Å². The number of nitrogens with one attached hydrogen (secondary N) is 2. The highest BCUT2D eigenvalue weighted by atomic mass is 16.2. The fourth-order valence-electron chi connectivity index (χ4n) is 4.24. The summed E-state index contributed by atoms with van der Waals surface area (Å²) in [6.07, 6.45) is 0.222. The average Bonchev–Trinajstić information content (AvgIpc) is 2.85. The van der Waals surface area contributed by atoms with E-state index in [9.17, 15) is 9.59 Å². The molecule has 0 spiro atoms. The van der Waals surface area contributed by atoms with E-state index < -0.39 is 0 Å². The molecule has 1 saturated heterocycles. The Bertz CT molecular complexity index is 1140. The lowest BCUT2D eigenvalue weighted by molar-refractivity contribution is -0.116. The van der Waals surface area contributed by atoms with Crippen molar-refractivity contribution in [1.82, 2.24) is 10.2 Å². The highest BCUT2D eigenvalue weighted by Crippen LogP contribution is 2.24. The van der Waals surface area contributed by atoms with Crippen LogP contribution in [0.4, 0.5) is 11.4 Å². The van der Waals surface area contributed by atoms with Gasteiger partial charge in [-0.2, -0.15) is 0 Å². The Kier molecular flexibility index (Phi) is 7.25. The molecule has 3 aromatic rings. The van der Waals surface area contributed by atoms with Gasteiger partial charge in [-0.25, -0.2) is 0 Å². The quantitative estimate of drug-likeness (QED) is 0.577. The number of nitrogens with zero attached hydrogens (tertiary/aromatic N) is 2. The zero-order chi connectivity index (χ0) is 23.2. The maximum Gasteiger partial charge on any atom is 0.251 e. The van der Waals surface area contributed by atoms with Crippen LogP contribution in [0.3, 0.4) is 0 Å². The number of carbonyl (C=O) groups excluding carboxylic acids is 2. The molecule has 6 nitrogen and oxygen atoms in total. The molecule has 172 valence electrons. The molecule has 2 amide bonds. The number of amides is 2. The van der Waals surface area contributed by atoms with Gasteiger partial charge in [-0.1, -0.05) is 37.3 Å². The van der Waals surface area contributed by atoms with Crippen LogP contribution < -0.4 is 15.5 Å². The minimum absolute atomic E-state index is 0.110. The largest absolute Gasteiger partial charge is 0.369 e. The highest BCUT2D eigenvalue weighted by molar-refractivity contribution is 5.99. The summed E-state index contributed by atoms with van der Waals surface area (Å²) in [4.78, 5) is 29.7. The van der Waals surface area contributed by atoms with Crippen LogP contribution in [0.1, 0.15) is 29.3 Å². The Morgan fingerprint density at radius 1 is 0.909 bits per heavy atom. The van der Waals surface area contributed by atoms with E-state index in [2.05, 4.69) is 39.5 Å². The van der Waals surface area contributed by atoms with Gasteiger partial charge in [0.1, 0.15) is 0 Å². The molecule has 0 aromatic heterocycles. The van der Waals surface area contributed by atoms with Gasteiger partial charge >= 0.3 is 0 Å². The number of carbonyl (C=O) groups is 2. The molecule has 33 heavy (non-hydrogen) atoms. The molecule has 0 bridgehead atoms. The molecule has 0 aliphatic carbocycles. The first kappa shape index (κ1) is 22.8. The number of fused-ring (bicyclic) bond motifs is 1. The summed E-state index contributed by atoms with van der Waals surface area (Å²) in [7, 11) is 0. The van der Waals surface area contributed by atoms with E-state index >= 15 is 0 Å². The Balaban J connectivity index is 1.26. The maximum atomic E-state index is 12.5. The van der Waals surface area contributed by atoms with Crippen LogP contribution in [-0.2, 0) is 4.79 Å². The summed E-state index contributed by atoms with van der Waals surface area (Å²) in [5, 5.41) is 7.94. The molecule has 1 aliphatic rings. The summed E-state index contributed by atoms with van der Waals surface area (Å²) >= 11 is 0. The number of hydrogen-bond acceptors (Lipinski definition) is 4. The molecule has 2 N–H and O–H groups in total. The molecule has 1 aliphatic heterocycles. The fourth-order valence-corrected chi connectivity index (χ4v) is 4.24. The second kappa shape index (κ2) is 10.5. The topological polar surface area (TPSA) is 64.7 Å². The number of hydrogen-bond donors (Lipinski definition) is 2. The van der Waals surface area contributed by atoms with Gasteiger partial charge in [-0.3, -0.25) is 9.59 Å². The number of piperazine rings is 1. The lowest BCUT2D eigenvalue weighted by Gasteiger charge is -2.35. The van der Waals surface area contributed by atoms with E-state index in [0.29, 0.717) is 5.56 Å². The molecular weight excluding hydrogens is 412 g/mol. The lowest BCUT2D eigenvalue weighted by Crippen LogP contribution is -2.46. The van der Waals surface area contributed by atoms with Gasteiger partial charge in [-0.05, 0) is 60.1 Å². The van der Waals surface area contributed by atoms with Gasteiger partial charge in [0.15, 0.2) is 0 Å². The molecule has 3 aromatic carbocycles.